The van der Waals surface area contributed by atoms with Crippen molar-refractivity contribution in [3.05, 3.63) is 63.7 Å². The largest absolute Gasteiger partial charge is 0.352 e. The van der Waals surface area contributed by atoms with E-state index in [0.29, 0.717) is 28.6 Å². The minimum atomic E-state index is -0.478. The van der Waals surface area contributed by atoms with E-state index in [4.69, 9.17) is 34.8 Å². The second-order valence-electron chi connectivity index (χ2n) is 6.81. The van der Waals surface area contributed by atoms with Gasteiger partial charge in [0.2, 0.25) is 5.28 Å². The van der Waals surface area contributed by atoms with Crippen LogP contribution in [0.5, 0.6) is 0 Å². The van der Waals surface area contributed by atoms with Gasteiger partial charge in [0, 0.05) is 43.5 Å². The van der Waals surface area contributed by atoms with Crippen molar-refractivity contribution in [2.24, 2.45) is 0 Å². The average Bonchev–Trinajstić information content (AvgIpc) is 2.70. The van der Waals surface area contributed by atoms with Crippen LogP contribution < -0.4 is 9.80 Å². The molecule has 0 radical (unpaired) electrons. The molecule has 1 saturated heterocycles. The first-order valence-electron chi connectivity index (χ1n) is 9.04. The molecule has 150 valence electrons. The van der Waals surface area contributed by atoms with Gasteiger partial charge in [0.25, 0.3) is 0 Å². The summed E-state index contributed by atoms with van der Waals surface area (Å²) < 4.78 is 13.5. The van der Waals surface area contributed by atoms with E-state index in [0.717, 1.165) is 18.9 Å². The summed E-state index contributed by atoms with van der Waals surface area (Å²) in [5.41, 5.74) is 1.26. The lowest BCUT2D eigenvalue weighted by Gasteiger charge is -2.41. The molecule has 2 aromatic heterocycles. The number of anilines is 2. The highest BCUT2D eigenvalue weighted by Crippen LogP contribution is 2.30. The Hall–Kier alpha value is -2.15. The van der Waals surface area contributed by atoms with Crippen LogP contribution in [-0.4, -0.2) is 40.6 Å². The molecule has 9 heteroatoms. The van der Waals surface area contributed by atoms with Gasteiger partial charge in [0.15, 0.2) is 0 Å². The van der Waals surface area contributed by atoms with Gasteiger partial charge in [-0.25, -0.2) is 19.3 Å². The van der Waals surface area contributed by atoms with Gasteiger partial charge in [-0.05, 0) is 48.9 Å². The van der Waals surface area contributed by atoms with Gasteiger partial charge in [-0.15, -0.1) is 0 Å². The molecule has 0 bridgehead atoms. The number of hydrogen-bond acceptors (Lipinski definition) is 5. The zero-order chi connectivity index (χ0) is 20.5. The van der Waals surface area contributed by atoms with E-state index in [1.807, 2.05) is 18.2 Å². The van der Waals surface area contributed by atoms with E-state index >= 15 is 0 Å². The maximum atomic E-state index is 13.5. The zero-order valence-corrected chi connectivity index (χ0v) is 17.8. The smallest absolute Gasteiger partial charge is 0.224 e. The lowest BCUT2D eigenvalue weighted by molar-refractivity contribution is 0.542. The summed E-state index contributed by atoms with van der Waals surface area (Å²) in [6, 6.07) is 10.1. The third kappa shape index (κ3) is 4.25. The normalized spacial score (nSPS) is 16.9. The molecule has 1 atom stereocenters. The summed E-state index contributed by atoms with van der Waals surface area (Å²) in [5, 5.41) is 0.794. The number of piperazine rings is 1. The van der Waals surface area contributed by atoms with Crippen LogP contribution in [0.15, 0.2) is 42.6 Å². The average molecular weight is 453 g/mol. The Labute approximate surface area is 183 Å². The van der Waals surface area contributed by atoms with Crippen LogP contribution in [0.25, 0.3) is 11.3 Å². The third-order valence-corrected chi connectivity index (χ3v) is 5.61. The van der Waals surface area contributed by atoms with Gasteiger partial charge < -0.3 is 9.80 Å². The van der Waals surface area contributed by atoms with Crippen LogP contribution in [0.4, 0.5) is 16.0 Å². The Bertz CT molecular complexity index is 1050. The summed E-state index contributed by atoms with van der Waals surface area (Å²) in [6.07, 6.45) is 1.74. The Balaban J connectivity index is 1.60. The third-order valence-electron chi connectivity index (χ3n) is 4.86. The fraction of sp³-hybridized carbons (Fsp3) is 0.250. The minimum Gasteiger partial charge on any atom is -0.352 e. The predicted octanol–water partition coefficient (Wildman–Crippen LogP) is 5.35. The fourth-order valence-electron chi connectivity index (χ4n) is 3.46. The molecule has 5 nitrogen and oxygen atoms in total. The molecule has 1 aliphatic rings. The molecule has 1 aliphatic heterocycles. The molecule has 0 aliphatic carbocycles. The molecule has 1 fully saturated rings. The van der Waals surface area contributed by atoms with E-state index in [9.17, 15) is 4.39 Å². The molecule has 0 N–H and O–H groups in total. The van der Waals surface area contributed by atoms with E-state index in [1.54, 1.807) is 12.3 Å². The maximum Gasteiger partial charge on any atom is 0.224 e. The lowest BCUT2D eigenvalue weighted by Crippen LogP contribution is -2.52. The summed E-state index contributed by atoms with van der Waals surface area (Å²) in [4.78, 5) is 17.4. The highest BCUT2D eigenvalue weighted by Gasteiger charge is 2.27. The van der Waals surface area contributed by atoms with Crippen LogP contribution in [0.2, 0.25) is 15.3 Å². The molecular formula is C20H17Cl3FN5. The Morgan fingerprint density at radius 2 is 1.86 bits per heavy atom. The first-order valence-corrected chi connectivity index (χ1v) is 10.2. The molecule has 3 heterocycles. The van der Waals surface area contributed by atoms with Gasteiger partial charge >= 0.3 is 0 Å². The van der Waals surface area contributed by atoms with Crippen molar-refractivity contribution in [1.82, 2.24) is 15.0 Å². The van der Waals surface area contributed by atoms with E-state index < -0.39 is 5.82 Å². The molecular weight excluding hydrogens is 436 g/mol. The summed E-state index contributed by atoms with van der Waals surface area (Å²) in [7, 11) is 0. The minimum absolute atomic E-state index is 0.0352. The van der Waals surface area contributed by atoms with E-state index in [1.165, 1.54) is 12.1 Å². The van der Waals surface area contributed by atoms with Gasteiger partial charge in [-0.1, -0.05) is 23.2 Å². The van der Waals surface area contributed by atoms with Crippen molar-refractivity contribution >= 4 is 46.4 Å². The highest BCUT2D eigenvalue weighted by atomic mass is 35.5. The summed E-state index contributed by atoms with van der Waals surface area (Å²) in [6.45, 7) is 4.29. The van der Waals surface area contributed by atoms with Crippen LogP contribution in [-0.2, 0) is 0 Å². The first kappa shape index (κ1) is 20.1. The van der Waals surface area contributed by atoms with Gasteiger partial charge in [-0.2, -0.15) is 0 Å². The Kier molecular flexibility index (Phi) is 5.76. The van der Waals surface area contributed by atoms with Crippen molar-refractivity contribution < 1.29 is 4.39 Å². The standard InChI is InChI=1S/C20H17Cl3FN5/c1-12-11-28(19-14(21)3-2-6-25-19)7-8-29(12)18-10-17(26-20(23)27-18)13-4-5-16(24)15(22)9-13/h2-6,9-10,12H,7-8,11H2,1H3/t12-/m0/s1. The number of halogens is 4. The van der Waals surface area contributed by atoms with Crippen molar-refractivity contribution in [2.75, 3.05) is 29.4 Å². The predicted molar refractivity (Wildman–Crippen MR) is 116 cm³/mol. The second-order valence-corrected chi connectivity index (χ2v) is 7.96. The molecule has 0 spiro atoms. The van der Waals surface area contributed by atoms with Gasteiger partial charge in [0.1, 0.15) is 17.5 Å². The molecule has 29 heavy (non-hydrogen) atoms. The lowest BCUT2D eigenvalue weighted by atomic mass is 10.1. The molecule has 1 aromatic carbocycles. The van der Waals surface area contributed by atoms with Crippen molar-refractivity contribution in [2.45, 2.75) is 13.0 Å². The molecule has 0 saturated carbocycles. The van der Waals surface area contributed by atoms with Crippen LogP contribution in [0.1, 0.15) is 6.92 Å². The Morgan fingerprint density at radius 1 is 1.03 bits per heavy atom. The molecule has 0 unspecified atom stereocenters. The summed E-state index contributed by atoms with van der Waals surface area (Å²) >= 11 is 18.4. The number of benzene rings is 1. The van der Waals surface area contributed by atoms with Crippen molar-refractivity contribution in [3.8, 4) is 11.3 Å². The number of rotatable bonds is 3. The SMILES string of the molecule is C[C@H]1CN(c2ncccc2Cl)CCN1c1cc(-c2ccc(F)c(Cl)c2)nc(Cl)n1. The Morgan fingerprint density at radius 3 is 2.59 bits per heavy atom. The maximum absolute atomic E-state index is 13.5. The van der Waals surface area contributed by atoms with Crippen LogP contribution in [0, 0.1) is 5.82 Å². The topological polar surface area (TPSA) is 45.2 Å². The van der Waals surface area contributed by atoms with E-state index in [-0.39, 0.29) is 16.3 Å². The molecule has 0 amide bonds. The highest BCUT2D eigenvalue weighted by molar-refractivity contribution is 6.33. The second kappa shape index (κ2) is 8.30. The van der Waals surface area contributed by atoms with Gasteiger partial charge in [0.05, 0.1) is 15.7 Å². The quantitative estimate of drug-likeness (QED) is 0.501. The molecule has 3 aromatic rings. The fourth-order valence-corrected chi connectivity index (χ4v) is 4.06. The monoisotopic (exact) mass is 451 g/mol. The first-order chi connectivity index (χ1) is 13.9. The van der Waals surface area contributed by atoms with Crippen LogP contribution in [0.3, 0.4) is 0 Å². The van der Waals surface area contributed by atoms with Crippen molar-refractivity contribution in [3.63, 3.8) is 0 Å². The summed E-state index contributed by atoms with van der Waals surface area (Å²) in [5.74, 6) is 1.01. The molecule has 4 rings (SSSR count). The number of hydrogen-bond donors (Lipinski definition) is 0. The number of aromatic nitrogens is 3. The van der Waals surface area contributed by atoms with E-state index in [2.05, 4.69) is 31.7 Å². The van der Waals surface area contributed by atoms with Crippen LogP contribution >= 0.6 is 34.8 Å². The zero-order valence-electron chi connectivity index (χ0n) is 15.5. The number of nitrogens with zero attached hydrogens (tertiary/aromatic N) is 5. The number of pyridine rings is 1. The van der Waals surface area contributed by atoms with Gasteiger partial charge in [-0.3, -0.25) is 0 Å². The van der Waals surface area contributed by atoms with Crippen molar-refractivity contribution in [1.29, 1.82) is 0 Å².